The fraction of sp³-hybridized carbons (Fsp3) is 0.118. The first-order valence-corrected chi connectivity index (χ1v) is 8.65. The summed E-state index contributed by atoms with van der Waals surface area (Å²) in [7, 11) is 0. The molecule has 4 heterocycles. The van der Waals surface area contributed by atoms with Gasteiger partial charge < -0.3 is 10.7 Å². The number of nitrogens with two attached hydrogens (primary N) is 1. The highest BCUT2D eigenvalue weighted by Gasteiger charge is 2.14. The van der Waals surface area contributed by atoms with E-state index in [4.69, 9.17) is 17.3 Å². The van der Waals surface area contributed by atoms with E-state index in [0.29, 0.717) is 18.1 Å². The van der Waals surface area contributed by atoms with Gasteiger partial charge in [0, 0.05) is 41.8 Å². The monoisotopic (exact) mass is 355 g/mol. The largest absolute Gasteiger partial charge is 0.346 e. The fourth-order valence-corrected chi connectivity index (χ4v) is 3.86. The Morgan fingerprint density at radius 2 is 2.12 bits per heavy atom. The molecule has 0 saturated heterocycles. The van der Waals surface area contributed by atoms with Gasteiger partial charge in [-0.15, -0.1) is 11.3 Å². The number of aromatic nitrogens is 4. The van der Waals surface area contributed by atoms with E-state index in [-0.39, 0.29) is 0 Å². The summed E-state index contributed by atoms with van der Waals surface area (Å²) in [4.78, 5) is 17.4. The summed E-state index contributed by atoms with van der Waals surface area (Å²) in [5.74, 6) is 0. The first-order valence-electron chi connectivity index (χ1n) is 7.46. The smallest absolute Gasteiger partial charge is 0.144 e. The minimum atomic E-state index is 0.476. The van der Waals surface area contributed by atoms with Gasteiger partial charge in [0.15, 0.2) is 0 Å². The zero-order valence-corrected chi connectivity index (χ0v) is 14.2. The molecule has 7 heteroatoms. The number of pyridine rings is 2. The first kappa shape index (κ1) is 15.3. The van der Waals surface area contributed by atoms with Crippen molar-refractivity contribution in [2.45, 2.75) is 13.0 Å². The number of H-pyrrole nitrogens is 1. The normalized spacial score (nSPS) is 11.2. The lowest BCUT2D eigenvalue weighted by Gasteiger charge is -1.99. The Labute approximate surface area is 147 Å². The minimum absolute atomic E-state index is 0.476. The molecule has 120 valence electrons. The van der Waals surface area contributed by atoms with Crippen molar-refractivity contribution in [3.63, 3.8) is 0 Å². The molecule has 4 aromatic rings. The van der Waals surface area contributed by atoms with Crippen LogP contribution >= 0.6 is 22.9 Å². The van der Waals surface area contributed by atoms with Gasteiger partial charge in [-0.05, 0) is 35.4 Å². The third kappa shape index (κ3) is 2.80. The van der Waals surface area contributed by atoms with Gasteiger partial charge in [-0.1, -0.05) is 11.6 Å². The van der Waals surface area contributed by atoms with Crippen LogP contribution in [0.25, 0.3) is 21.7 Å². The maximum Gasteiger partial charge on any atom is 0.144 e. The summed E-state index contributed by atoms with van der Waals surface area (Å²) in [6.07, 6.45) is 6.20. The molecular formula is C17H14ClN5S. The number of hydrogen-bond acceptors (Lipinski definition) is 5. The lowest BCUT2D eigenvalue weighted by Crippen LogP contribution is -1.96. The van der Waals surface area contributed by atoms with Crippen LogP contribution in [-0.4, -0.2) is 19.9 Å². The van der Waals surface area contributed by atoms with Crippen LogP contribution in [0.4, 0.5) is 0 Å². The molecule has 0 atom stereocenters. The number of halogens is 1. The quantitative estimate of drug-likeness (QED) is 0.583. The molecule has 0 spiro atoms. The Hall–Kier alpha value is -2.28. The van der Waals surface area contributed by atoms with Crippen LogP contribution in [0.5, 0.6) is 0 Å². The molecule has 0 bridgehead atoms. The van der Waals surface area contributed by atoms with Crippen molar-refractivity contribution in [2.75, 3.05) is 0 Å². The van der Waals surface area contributed by atoms with E-state index in [0.717, 1.165) is 37.7 Å². The highest BCUT2D eigenvalue weighted by molar-refractivity contribution is 7.15. The third-order valence-electron chi connectivity index (χ3n) is 3.82. The molecule has 24 heavy (non-hydrogen) atoms. The summed E-state index contributed by atoms with van der Waals surface area (Å²) < 4.78 is 0. The highest BCUT2D eigenvalue weighted by atomic mass is 35.5. The average Bonchev–Trinajstić information content (AvgIpc) is 3.20. The minimum Gasteiger partial charge on any atom is -0.346 e. The van der Waals surface area contributed by atoms with E-state index in [1.54, 1.807) is 23.7 Å². The Kier molecular flexibility index (Phi) is 4.02. The van der Waals surface area contributed by atoms with Gasteiger partial charge in [-0.25, -0.2) is 9.97 Å². The van der Waals surface area contributed by atoms with Crippen molar-refractivity contribution >= 4 is 34.0 Å². The van der Waals surface area contributed by atoms with Crippen molar-refractivity contribution in [3.8, 4) is 10.7 Å². The molecule has 0 amide bonds. The molecule has 5 nitrogen and oxygen atoms in total. The third-order valence-corrected chi connectivity index (χ3v) is 5.32. The van der Waals surface area contributed by atoms with Crippen LogP contribution in [0.15, 0.2) is 42.9 Å². The molecule has 0 radical (unpaired) electrons. The first-order chi connectivity index (χ1) is 11.7. The number of thiazole rings is 1. The molecule has 0 aliphatic heterocycles. The van der Waals surface area contributed by atoms with Crippen LogP contribution < -0.4 is 5.73 Å². The van der Waals surface area contributed by atoms with E-state index in [1.165, 1.54) is 0 Å². The van der Waals surface area contributed by atoms with Crippen LogP contribution in [0.3, 0.4) is 0 Å². The Balaban J connectivity index is 1.68. The standard InChI is InChI=1S/C17H14ClN5S/c18-15-14(7-11-9-22-16-12(11)2-1-4-21-16)24-17(23-15)13-6-10(8-19)3-5-20-13/h1-6,9H,7-8,19H2,(H,21,22). The summed E-state index contributed by atoms with van der Waals surface area (Å²) in [5.41, 5.74) is 9.55. The summed E-state index contributed by atoms with van der Waals surface area (Å²) in [6, 6.07) is 7.84. The second-order valence-electron chi connectivity index (χ2n) is 5.38. The van der Waals surface area contributed by atoms with Crippen molar-refractivity contribution in [2.24, 2.45) is 5.73 Å². The maximum atomic E-state index is 6.36. The van der Waals surface area contributed by atoms with Crippen molar-refractivity contribution in [1.29, 1.82) is 0 Å². The second kappa shape index (κ2) is 6.32. The van der Waals surface area contributed by atoms with Gasteiger partial charge in [0.25, 0.3) is 0 Å². The van der Waals surface area contributed by atoms with Gasteiger partial charge in [0.2, 0.25) is 0 Å². The SMILES string of the molecule is NCc1ccnc(-c2nc(Cl)c(Cc3c[nH]c4ncccc34)s2)c1. The van der Waals surface area contributed by atoms with Gasteiger partial charge in [-0.3, -0.25) is 4.98 Å². The molecule has 3 N–H and O–H groups in total. The predicted octanol–water partition coefficient (Wildman–Crippen LogP) is 3.78. The van der Waals surface area contributed by atoms with E-state index >= 15 is 0 Å². The number of nitrogens with one attached hydrogen (secondary N) is 1. The Morgan fingerprint density at radius 3 is 3.00 bits per heavy atom. The lowest BCUT2D eigenvalue weighted by atomic mass is 10.1. The van der Waals surface area contributed by atoms with E-state index in [2.05, 4.69) is 26.0 Å². The molecule has 4 rings (SSSR count). The molecule has 0 aliphatic rings. The zero-order chi connectivity index (χ0) is 16.5. The van der Waals surface area contributed by atoms with E-state index in [1.807, 2.05) is 24.4 Å². The average molecular weight is 356 g/mol. The van der Waals surface area contributed by atoms with E-state index < -0.39 is 0 Å². The van der Waals surface area contributed by atoms with Crippen molar-refractivity contribution < 1.29 is 0 Å². The number of hydrogen-bond donors (Lipinski definition) is 2. The number of nitrogens with zero attached hydrogens (tertiary/aromatic N) is 3. The summed E-state index contributed by atoms with van der Waals surface area (Å²) in [5, 5.41) is 2.43. The fourth-order valence-electron chi connectivity index (χ4n) is 2.60. The Morgan fingerprint density at radius 1 is 1.21 bits per heavy atom. The number of fused-ring (bicyclic) bond motifs is 1. The van der Waals surface area contributed by atoms with Gasteiger partial charge >= 0.3 is 0 Å². The molecule has 0 aliphatic carbocycles. The van der Waals surface area contributed by atoms with Gasteiger partial charge in [-0.2, -0.15) is 0 Å². The molecule has 0 unspecified atom stereocenters. The summed E-state index contributed by atoms with van der Waals surface area (Å²) >= 11 is 7.92. The van der Waals surface area contributed by atoms with Gasteiger partial charge in [0.05, 0.1) is 5.69 Å². The predicted molar refractivity (Wildman–Crippen MR) is 97.1 cm³/mol. The molecule has 0 fully saturated rings. The Bertz CT molecular complexity index is 1010. The van der Waals surface area contributed by atoms with Crippen LogP contribution in [0.2, 0.25) is 5.15 Å². The van der Waals surface area contributed by atoms with Crippen molar-refractivity contribution in [1.82, 2.24) is 19.9 Å². The highest BCUT2D eigenvalue weighted by Crippen LogP contribution is 2.33. The molecule has 0 saturated carbocycles. The lowest BCUT2D eigenvalue weighted by molar-refractivity contribution is 1.06. The van der Waals surface area contributed by atoms with Gasteiger partial charge in [0.1, 0.15) is 15.8 Å². The zero-order valence-electron chi connectivity index (χ0n) is 12.7. The van der Waals surface area contributed by atoms with Crippen LogP contribution in [0, 0.1) is 0 Å². The van der Waals surface area contributed by atoms with Crippen LogP contribution in [-0.2, 0) is 13.0 Å². The van der Waals surface area contributed by atoms with E-state index in [9.17, 15) is 0 Å². The second-order valence-corrected chi connectivity index (χ2v) is 6.82. The topological polar surface area (TPSA) is 80.5 Å². The summed E-state index contributed by atoms with van der Waals surface area (Å²) in [6.45, 7) is 0.476. The molecular weight excluding hydrogens is 342 g/mol. The molecule has 4 aromatic heterocycles. The number of aromatic amines is 1. The van der Waals surface area contributed by atoms with Crippen LogP contribution in [0.1, 0.15) is 16.0 Å². The van der Waals surface area contributed by atoms with Crippen molar-refractivity contribution in [3.05, 3.63) is 64.0 Å². The number of rotatable bonds is 4. The maximum absolute atomic E-state index is 6.36. The molecule has 0 aromatic carbocycles.